The highest BCUT2D eigenvalue weighted by atomic mass is 32.2. The van der Waals surface area contributed by atoms with E-state index in [1.165, 1.54) is 4.90 Å². The van der Waals surface area contributed by atoms with E-state index in [-0.39, 0.29) is 23.9 Å². The Kier molecular flexibility index (Phi) is 7.16. The molecule has 0 aromatic rings. The molecule has 1 fully saturated rings. The number of carbonyl (C=O) groups excluding carboxylic acids is 2. The van der Waals surface area contributed by atoms with Gasteiger partial charge in [0, 0.05) is 24.1 Å². The molecule has 0 aliphatic carbocycles. The highest BCUT2D eigenvalue weighted by molar-refractivity contribution is 7.99. The summed E-state index contributed by atoms with van der Waals surface area (Å²) in [7, 11) is 0. The maximum absolute atomic E-state index is 12.2. The van der Waals surface area contributed by atoms with Gasteiger partial charge in [-0.1, -0.05) is 19.9 Å². The van der Waals surface area contributed by atoms with Crippen molar-refractivity contribution in [3.05, 3.63) is 12.7 Å². The Morgan fingerprint density at radius 1 is 1.47 bits per heavy atom. The van der Waals surface area contributed by atoms with Crippen LogP contribution in [-0.4, -0.2) is 46.8 Å². The van der Waals surface area contributed by atoms with Gasteiger partial charge in [-0.25, -0.2) is 0 Å². The van der Waals surface area contributed by atoms with Gasteiger partial charge in [-0.2, -0.15) is 11.8 Å². The fraction of sp³-hybridized carbons (Fsp3) is 0.714. The zero-order chi connectivity index (χ0) is 14.3. The number of rotatable bonds is 9. The fourth-order valence-electron chi connectivity index (χ4n) is 2.32. The van der Waals surface area contributed by atoms with Crippen molar-refractivity contribution < 1.29 is 9.59 Å². The van der Waals surface area contributed by atoms with Gasteiger partial charge in [-0.3, -0.25) is 14.5 Å². The molecular formula is C14H24N2O2S. The van der Waals surface area contributed by atoms with E-state index in [2.05, 4.69) is 11.9 Å². The SMILES string of the molecule is C=CCSCCNC1CC(=O)N(C(CC)CC)C1=O. The topological polar surface area (TPSA) is 49.4 Å². The Bertz CT molecular complexity index is 329. The van der Waals surface area contributed by atoms with E-state index in [9.17, 15) is 9.59 Å². The number of nitrogens with one attached hydrogen (secondary N) is 1. The second-order valence-corrected chi connectivity index (χ2v) is 5.80. The van der Waals surface area contributed by atoms with E-state index in [0.29, 0.717) is 6.42 Å². The molecule has 0 spiro atoms. The van der Waals surface area contributed by atoms with Gasteiger partial charge in [0.1, 0.15) is 0 Å². The highest BCUT2D eigenvalue weighted by Gasteiger charge is 2.40. The Balaban J connectivity index is 2.44. The zero-order valence-electron chi connectivity index (χ0n) is 11.9. The molecule has 1 aliphatic rings. The second-order valence-electron chi connectivity index (χ2n) is 4.65. The molecule has 5 heteroatoms. The predicted octanol–water partition coefficient (Wildman–Crippen LogP) is 1.81. The van der Waals surface area contributed by atoms with Crippen LogP contribution in [0.25, 0.3) is 0 Å². The summed E-state index contributed by atoms with van der Waals surface area (Å²) in [6.07, 6.45) is 3.83. The lowest BCUT2D eigenvalue weighted by molar-refractivity contribution is -0.141. The molecule has 1 heterocycles. The molecule has 19 heavy (non-hydrogen) atoms. The fourth-order valence-corrected chi connectivity index (χ4v) is 2.92. The lowest BCUT2D eigenvalue weighted by Gasteiger charge is -2.24. The highest BCUT2D eigenvalue weighted by Crippen LogP contribution is 2.20. The monoisotopic (exact) mass is 284 g/mol. The Morgan fingerprint density at radius 3 is 2.74 bits per heavy atom. The van der Waals surface area contributed by atoms with Crippen LogP contribution in [0.3, 0.4) is 0 Å². The number of hydrogen-bond donors (Lipinski definition) is 1. The van der Waals surface area contributed by atoms with Crippen LogP contribution < -0.4 is 5.32 Å². The van der Waals surface area contributed by atoms with Crippen LogP contribution in [0.1, 0.15) is 33.1 Å². The summed E-state index contributed by atoms with van der Waals surface area (Å²) in [5.41, 5.74) is 0. The Labute approximate surface area is 120 Å². The average Bonchev–Trinajstić information content (AvgIpc) is 2.68. The Hall–Kier alpha value is -0.810. The molecule has 0 radical (unpaired) electrons. The standard InChI is InChI=1S/C14H24N2O2S/c1-4-8-19-9-7-15-12-10-13(17)16(14(12)18)11(5-2)6-3/h4,11-12,15H,1,5-10H2,2-3H3. The van der Waals surface area contributed by atoms with Gasteiger partial charge in [0.25, 0.3) is 0 Å². The van der Waals surface area contributed by atoms with E-state index in [0.717, 1.165) is 30.9 Å². The van der Waals surface area contributed by atoms with Crippen LogP contribution in [-0.2, 0) is 9.59 Å². The van der Waals surface area contributed by atoms with Gasteiger partial charge < -0.3 is 5.32 Å². The van der Waals surface area contributed by atoms with E-state index in [4.69, 9.17) is 0 Å². The minimum absolute atomic E-state index is 0.0325. The summed E-state index contributed by atoms with van der Waals surface area (Å²) >= 11 is 1.76. The average molecular weight is 284 g/mol. The summed E-state index contributed by atoms with van der Waals surface area (Å²) in [5.74, 6) is 1.76. The van der Waals surface area contributed by atoms with Crippen molar-refractivity contribution >= 4 is 23.6 Å². The summed E-state index contributed by atoms with van der Waals surface area (Å²) < 4.78 is 0. The minimum Gasteiger partial charge on any atom is -0.305 e. The van der Waals surface area contributed by atoms with Crippen LogP contribution in [0.5, 0.6) is 0 Å². The van der Waals surface area contributed by atoms with Crippen molar-refractivity contribution in [2.24, 2.45) is 0 Å². The molecule has 0 aromatic carbocycles. The molecule has 108 valence electrons. The number of hydrogen-bond acceptors (Lipinski definition) is 4. The van der Waals surface area contributed by atoms with Gasteiger partial charge in [0.15, 0.2) is 0 Å². The summed E-state index contributed by atoms with van der Waals surface area (Å²) in [4.78, 5) is 25.6. The van der Waals surface area contributed by atoms with Crippen molar-refractivity contribution in [3.8, 4) is 0 Å². The van der Waals surface area contributed by atoms with Gasteiger partial charge in [0.05, 0.1) is 12.5 Å². The van der Waals surface area contributed by atoms with Gasteiger partial charge >= 0.3 is 0 Å². The van der Waals surface area contributed by atoms with Crippen LogP contribution in [0, 0.1) is 0 Å². The van der Waals surface area contributed by atoms with Crippen LogP contribution in [0.2, 0.25) is 0 Å². The van der Waals surface area contributed by atoms with Crippen molar-refractivity contribution in [3.63, 3.8) is 0 Å². The summed E-state index contributed by atoms with van der Waals surface area (Å²) in [6, 6.07) is -0.264. The van der Waals surface area contributed by atoms with Crippen molar-refractivity contribution in [2.75, 3.05) is 18.1 Å². The molecule has 4 nitrogen and oxygen atoms in total. The first-order valence-corrected chi connectivity index (χ1v) is 8.09. The first-order valence-electron chi connectivity index (χ1n) is 6.93. The third-order valence-corrected chi connectivity index (χ3v) is 4.33. The molecule has 0 aromatic heterocycles. The zero-order valence-corrected chi connectivity index (χ0v) is 12.7. The predicted molar refractivity (Wildman–Crippen MR) is 80.2 cm³/mol. The lowest BCUT2D eigenvalue weighted by atomic mass is 10.1. The van der Waals surface area contributed by atoms with E-state index >= 15 is 0 Å². The second kappa shape index (κ2) is 8.38. The first-order chi connectivity index (χ1) is 9.15. The van der Waals surface area contributed by atoms with E-state index < -0.39 is 0 Å². The number of nitrogens with zero attached hydrogens (tertiary/aromatic N) is 1. The molecule has 0 saturated carbocycles. The van der Waals surface area contributed by atoms with Gasteiger partial charge in [-0.05, 0) is 12.8 Å². The number of amides is 2. The molecule has 1 aliphatic heterocycles. The number of carbonyl (C=O) groups is 2. The Morgan fingerprint density at radius 2 is 2.16 bits per heavy atom. The summed E-state index contributed by atoms with van der Waals surface area (Å²) in [5, 5.41) is 3.19. The maximum Gasteiger partial charge on any atom is 0.247 e. The number of thioether (sulfide) groups is 1. The van der Waals surface area contributed by atoms with Crippen molar-refractivity contribution in [2.45, 2.75) is 45.2 Å². The van der Waals surface area contributed by atoms with Gasteiger partial charge in [-0.15, -0.1) is 6.58 Å². The molecule has 2 amide bonds. The van der Waals surface area contributed by atoms with E-state index in [1.54, 1.807) is 11.8 Å². The van der Waals surface area contributed by atoms with Crippen molar-refractivity contribution in [1.29, 1.82) is 0 Å². The smallest absolute Gasteiger partial charge is 0.247 e. The first kappa shape index (κ1) is 16.2. The molecule has 0 bridgehead atoms. The van der Waals surface area contributed by atoms with Crippen LogP contribution >= 0.6 is 11.8 Å². The summed E-state index contributed by atoms with van der Waals surface area (Å²) in [6.45, 7) is 8.44. The number of likely N-dealkylation sites (tertiary alicyclic amines) is 1. The minimum atomic E-state index is -0.322. The maximum atomic E-state index is 12.2. The molecule has 1 atom stereocenters. The van der Waals surface area contributed by atoms with Crippen LogP contribution in [0.4, 0.5) is 0 Å². The number of imide groups is 1. The van der Waals surface area contributed by atoms with E-state index in [1.807, 2.05) is 19.9 Å². The normalized spacial score (nSPS) is 19.5. The largest absolute Gasteiger partial charge is 0.305 e. The van der Waals surface area contributed by atoms with Crippen molar-refractivity contribution in [1.82, 2.24) is 10.2 Å². The van der Waals surface area contributed by atoms with Gasteiger partial charge in [0.2, 0.25) is 11.8 Å². The molecule has 1 N–H and O–H groups in total. The molecule has 1 saturated heterocycles. The third-order valence-electron chi connectivity index (χ3n) is 3.36. The van der Waals surface area contributed by atoms with Crippen LogP contribution in [0.15, 0.2) is 12.7 Å². The molecule has 1 unspecified atom stereocenters. The molecular weight excluding hydrogens is 260 g/mol. The molecule has 1 rings (SSSR count). The third kappa shape index (κ3) is 4.35. The quantitative estimate of drug-likeness (QED) is 0.398. The lowest BCUT2D eigenvalue weighted by Crippen LogP contribution is -2.44.